The molecule has 0 saturated heterocycles. The zero-order valence-electron chi connectivity index (χ0n) is 7.45. The number of likely N-dealkylation sites (N-methyl/N-ethyl adjacent to an activating group) is 1. The van der Waals surface area contributed by atoms with E-state index in [1.54, 1.807) is 12.2 Å². The van der Waals surface area contributed by atoms with Gasteiger partial charge in [-0.1, -0.05) is 13.2 Å². The van der Waals surface area contributed by atoms with Gasteiger partial charge in [0.1, 0.15) is 13.1 Å². The first kappa shape index (κ1) is 10.9. The summed E-state index contributed by atoms with van der Waals surface area (Å²) in [5.74, 6) is 0. The molecule has 0 aromatic carbocycles. The Labute approximate surface area is 73.2 Å². The van der Waals surface area contributed by atoms with Crippen LogP contribution >= 0.6 is 0 Å². The second-order valence-electron chi connectivity index (χ2n) is 2.67. The van der Waals surface area contributed by atoms with E-state index >= 15 is 0 Å². The number of rotatable bonds is 5. The molecule has 68 valence electrons. The summed E-state index contributed by atoms with van der Waals surface area (Å²) in [5.41, 5.74) is 0. The molecule has 0 aliphatic carbocycles. The minimum atomic E-state index is -1.07. The molecule has 0 aromatic rings. The predicted octanol–water partition coefficient (Wildman–Crippen LogP) is 0.538. The molecule has 3 heteroatoms. The van der Waals surface area contributed by atoms with Crippen LogP contribution < -0.4 is 5.11 Å². The number of hydrogen-bond donors (Lipinski definition) is 0. The van der Waals surface area contributed by atoms with E-state index in [9.17, 15) is 9.90 Å². The van der Waals surface area contributed by atoms with E-state index in [1.165, 1.54) is 0 Å². The Morgan fingerprint density at radius 1 is 1.42 bits per heavy atom. The maximum atomic E-state index is 10.8. The van der Waals surface area contributed by atoms with Crippen LogP contribution in [0.5, 0.6) is 0 Å². The Kier molecular flexibility index (Phi) is 4.29. The van der Waals surface area contributed by atoms with Crippen LogP contribution in [0.3, 0.4) is 0 Å². The van der Waals surface area contributed by atoms with Crippen molar-refractivity contribution in [2.75, 3.05) is 19.6 Å². The Morgan fingerprint density at radius 3 is 2.00 bits per heavy atom. The van der Waals surface area contributed by atoms with E-state index in [0.29, 0.717) is 19.6 Å². The normalized spacial score (nSPS) is 10.8. The lowest BCUT2D eigenvalue weighted by atomic mass is 10.3. The molecule has 0 fully saturated rings. The molecule has 12 heavy (non-hydrogen) atoms. The van der Waals surface area contributed by atoms with Crippen molar-refractivity contribution in [2.24, 2.45) is 0 Å². The third-order valence-electron chi connectivity index (χ3n) is 1.95. The number of amides is 1. The Balaban J connectivity index is 4.60. The van der Waals surface area contributed by atoms with Crippen LogP contribution in [0, 0.1) is 0 Å². The first-order valence-corrected chi connectivity index (χ1v) is 3.92. The van der Waals surface area contributed by atoms with Gasteiger partial charge in [0.25, 0.3) is 6.09 Å². The number of carbonyl (C=O) groups is 1. The van der Waals surface area contributed by atoms with E-state index < -0.39 is 6.09 Å². The molecule has 3 nitrogen and oxygen atoms in total. The highest BCUT2D eigenvalue weighted by Crippen LogP contribution is 2.05. The van der Waals surface area contributed by atoms with Crippen molar-refractivity contribution >= 4 is 6.09 Å². The molecule has 0 N–H and O–H groups in total. The molecule has 0 saturated carbocycles. The van der Waals surface area contributed by atoms with Crippen molar-refractivity contribution in [1.29, 1.82) is 0 Å². The molecule has 0 radical (unpaired) electrons. The number of carbonyl (C=O) groups excluding carboxylic acids is 1. The zero-order chi connectivity index (χ0) is 9.61. The minimum Gasteiger partial charge on any atom is -0.498 e. The van der Waals surface area contributed by atoms with Gasteiger partial charge >= 0.3 is 0 Å². The zero-order valence-corrected chi connectivity index (χ0v) is 7.45. The van der Waals surface area contributed by atoms with Crippen LogP contribution in [-0.4, -0.2) is 30.2 Å². The molecular formula is C9H15NO2. The Hall–Kier alpha value is -1.09. The fourth-order valence-corrected chi connectivity index (χ4v) is 1.11. The van der Waals surface area contributed by atoms with E-state index in [-0.39, 0.29) is 4.48 Å². The van der Waals surface area contributed by atoms with E-state index in [1.807, 2.05) is 6.92 Å². The summed E-state index contributed by atoms with van der Waals surface area (Å²) < 4.78 is -0.118. The predicted molar refractivity (Wildman–Crippen MR) is 46.3 cm³/mol. The molecule has 0 unspecified atom stereocenters. The topological polar surface area (TPSA) is 40.1 Å². The third kappa shape index (κ3) is 2.20. The Bertz CT molecular complexity index is 177. The number of carboxylic acid groups (broad SMARTS) is 1. The molecule has 0 rings (SSSR count). The van der Waals surface area contributed by atoms with Crippen LogP contribution in [-0.2, 0) is 0 Å². The van der Waals surface area contributed by atoms with Gasteiger partial charge in [0.05, 0.1) is 6.54 Å². The van der Waals surface area contributed by atoms with E-state index in [4.69, 9.17) is 0 Å². The lowest BCUT2D eigenvalue weighted by molar-refractivity contribution is -0.863. The molecule has 0 aliphatic heterocycles. The quantitative estimate of drug-likeness (QED) is 0.445. The van der Waals surface area contributed by atoms with Gasteiger partial charge in [-0.3, -0.25) is 4.48 Å². The van der Waals surface area contributed by atoms with Crippen molar-refractivity contribution in [2.45, 2.75) is 6.92 Å². The molecule has 1 amide bonds. The van der Waals surface area contributed by atoms with Crippen LogP contribution in [0.2, 0.25) is 0 Å². The molecule has 0 spiro atoms. The van der Waals surface area contributed by atoms with Gasteiger partial charge < -0.3 is 9.90 Å². The van der Waals surface area contributed by atoms with Crippen molar-refractivity contribution in [3.05, 3.63) is 25.3 Å². The molecule has 0 atom stereocenters. The fraction of sp³-hybridized carbons (Fsp3) is 0.444. The second-order valence-corrected chi connectivity index (χ2v) is 2.67. The summed E-state index contributed by atoms with van der Waals surface area (Å²) in [4.78, 5) is 10.8. The highest BCUT2D eigenvalue weighted by atomic mass is 16.4. The summed E-state index contributed by atoms with van der Waals surface area (Å²) in [5, 5.41) is 10.8. The molecule has 0 bridgehead atoms. The van der Waals surface area contributed by atoms with Crippen molar-refractivity contribution in [1.82, 2.24) is 0 Å². The lowest BCUT2D eigenvalue weighted by Gasteiger charge is -2.34. The van der Waals surface area contributed by atoms with Crippen molar-refractivity contribution in [3.63, 3.8) is 0 Å². The first-order chi connectivity index (χ1) is 5.63. The minimum absolute atomic E-state index is 0.118. The van der Waals surface area contributed by atoms with Crippen molar-refractivity contribution in [3.8, 4) is 0 Å². The maximum absolute atomic E-state index is 10.8. The average Bonchev–Trinajstić information content (AvgIpc) is 2.03. The van der Waals surface area contributed by atoms with Crippen LogP contribution in [0.4, 0.5) is 4.79 Å². The largest absolute Gasteiger partial charge is 0.498 e. The molecule has 0 heterocycles. The number of hydrogen-bond acceptors (Lipinski definition) is 2. The third-order valence-corrected chi connectivity index (χ3v) is 1.95. The molecule has 0 aromatic heterocycles. The van der Waals surface area contributed by atoms with Gasteiger partial charge in [-0.05, 0) is 19.1 Å². The van der Waals surface area contributed by atoms with Crippen LogP contribution in [0.25, 0.3) is 0 Å². The molecule has 0 aliphatic rings. The highest BCUT2D eigenvalue weighted by Gasteiger charge is 2.24. The van der Waals surface area contributed by atoms with Gasteiger partial charge in [0.15, 0.2) is 0 Å². The van der Waals surface area contributed by atoms with Gasteiger partial charge in [-0.2, -0.15) is 0 Å². The van der Waals surface area contributed by atoms with Gasteiger partial charge in [-0.25, -0.2) is 0 Å². The standard InChI is InChI=1S/C9H15NO2/c1-4-7-10(6-3,8-5-2)9(11)12/h4-5H,1-2,6-8H2,3H3. The van der Waals surface area contributed by atoms with Gasteiger partial charge in [0.2, 0.25) is 0 Å². The van der Waals surface area contributed by atoms with Crippen LogP contribution in [0.1, 0.15) is 6.92 Å². The lowest BCUT2D eigenvalue weighted by Crippen LogP contribution is -2.58. The van der Waals surface area contributed by atoms with E-state index in [2.05, 4.69) is 13.2 Å². The summed E-state index contributed by atoms with van der Waals surface area (Å²) >= 11 is 0. The van der Waals surface area contributed by atoms with Crippen molar-refractivity contribution < 1.29 is 14.4 Å². The van der Waals surface area contributed by atoms with Gasteiger partial charge in [-0.15, -0.1) is 0 Å². The highest BCUT2D eigenvalue weighted by molar-refractivity contribution is 5.54. The molecular weight excluding hydrogens is 154 g/mol. The summed E-state index contributed by atoms with van der Waals surface area (Å²) in [6, 6.07) is 0. The Morgan fingerprint density at radius 2 is 1.83 bits per heavy atom. The summed E-state index contributed by atoms with van der Waals surface area (Å²) in [6.07, 6.45) is 2.10. The van der Waals surface area contributed by atoms with Crippen LogP contribution in [0.15, 0.2) is 25.3 Å². The maximum Gasteiger partial charge on any atom is 0.257 e. The van der Waals surface area contributed by atoms with Gasteiger partial charge in [0, 0.05) is 0 Å². The first-order valence-electron chi connectivity index (χ1n) is 3.92. The smallest absolute Gasteiger partial charge is 0.257 e. The fourth-order valence-electron chi connectivity index (χ4n) is 1.11. The summed E-state index contributed by atoms with van der Waals surface area (Å²) in [6.45, 7) is 10.1. The summed E-state index contributed by atoms with van der Waals surface area (Å²) in [7, 11) is 0. The monoisotopic (exact) mass is 169 g/mol. The van der Waals surface area contributed by atoms with E-state index in [0.717, 1.165) is 0 Å². The second kappa shape index (κ2) is 4.72. The number of nitrogens with zero attached hydrogens (tertiary/aromatic N) is 1. The average molecular weight is 169 g/mol. The SMILES string of the molecule is C=CC[N+](CC)(CC=C)C(=O)[O-]. The number of quaternary nitrogens is 1.